The van der Waals surface area contributed by atoms with Gasteiger partial charge in [0.1, 0.15) is 0 Å². The number of halogens is 3. The van der Waals surface area contributed by atoms with E-state index in [1.165, 1.54) is 6.08 Å². The monoisotopic (exact) mass is 398 g/mol. The molecule has 0 aliphatic heterocycles. The van der Waals surface area contributed by atoms with Crippen LogP contribution in [0.5, 0.6) is 0 Å². The first-order chi connectivity index (χ1) is 12.7. The Morgan fingerprint density at radius 3 is 2.22 bits per heavy atom. The predicted molar refractivity (Wildman–Crippen MR) is 97.1 cm³/mol. The molecule has 2 aromatic carbocycles. The molecule has 0 aromatic heterocycles. The summed E-state index contributed by atoms with van der Waals surface area (Å²) in [6, 6.07) is 12.8. The third-order valence-electron chi connectivity index (χ3n) is 3.39. The fourth-order valence-electron chi connectivity index (χ4n) is 2.05. The lowest BCUT2D eigenvalue weighted by molar-refractivity contribution is -0.137. The van der Waals surface area contributed by atoms with Crippen LogP contribution < -0.4 is 10.0 Å². The molecule has 5 nitrogen and oxygen atoms in total. The Morgan fingerprint density at radius 2 is 1.63 bits per heavy atom. The summed E-state index contributed by atoms with van der Waals surface area (Å²) < 4.78 is 63.3. The number of amides is 1. The van der Waals surface area contributed by atoms with Crippen LogP contribution in [0.3, 0.4) is 0 Å². The maximum Gasteiger partial charge on any atom is 0.416 e. The van der Waals surface area contributed by atoms with E-state index < -0.39 is 27.7 Å². The Kier molecular flexibility index (Phi) is 6.75. The Balaban J connectivity index is 1.80. The first-order valence-corrected chi connectivity index (χ1v) is 9.40. The zero-order valence-electron chi connectivity index (χ0n) is 14.0. The minimum absolute atomic E-state index is 0.145. The highest BCUT2D eigenvalue weighted by Crippen LogP contribution is 2.29. The number of hydrogen-bond acceptors (Lipinski definition) is 3. The molecule has 0 bridgehead atoms. The van der Waals surface area contributed by atoms with Crippen molar-refractivity contribution in [3.8, 4) is 0 Å². The summed E-state index contributed by atoms with van der Waals surface area (Å²) in [4.78, 5) is 11.8. The molecule has 9 heteroatoms. The highest BCUT2D eigenvalue weighted by Gasteiger charge is 2.29. The van der Waals surface area contributed by atoms with E-state index in [1.54, 1.807) is 30.3 Å². The molecule has 2 rings (SSSR count). The zero-order chi connectivity index (χ0) is 19.9. The number of carbonyl (C=O) groups excluding carboxylic acids is 1. The minimum Gasteiger partial charge on any atom is -0.326 e. The van der Waals surface area contributed by atoms with Gasteiger partial charge in [0.15, 0.2) is 0 Å². The summed E-state index contributed by atoms with van der Waals surface area (Å²) in [5.74, 6) is -0.524. The topological polar surface area (TPSA) is 75.3 Å². The molecule has 0 aliphatic carbocycles. The lowest BCUT2D eigenvalue weighted by Gasteiger charge is -2.09. The molecular weight excluding hydrogens is 381 g/mol. The molecular formula is C18H17F3N2O3S. The lowest BCUT2D eigenvalue weighted by Crippen LogP contribution is -2.26. The number of anilines is 1. The van der Waals surface area contributed by atoms with Crippen molar-refractivity contribution in [2.45, 2.75) is 12.6 Å². The van der Waals surface area contributed by atoms with Crippen LogP contribution in [0.15, 0.2) is 60.0 Å². The van der Waals surface area contributed by atoms with Gasteiger partial charge >= 0.3 is 6.18 Å². The number of carbonyl (C=O) groups is 1. The van der Waals surface area contributed by atoms with E-state index in [2.05, 4.69) is 10.0 Å². The normalized spacial score (nSPS) is 12.3. The fourth-order valence-corrected chi connectivity index (χ4v) is 2.87. The van der Waals surface area contributed by atoms with Crippen LogP contribution in [0.2, 0.25) is 0 Å². The van der Waals surface area contributed by atoms with Crippen molar-refractivity contribution >= 4 is 27.7 Å². The third kappa shape index (κ3) is 7.24. The number of rotatable bonds is 7. The Hall–Kier alpha value is -2.65. The molecule has 0 unspecified atom stereocenters. The van der Waals surface area contributed by atoms with Crippen LogP contribution in [0, 0.1) is 0 Å². The molecule has 1 amide bonds. The van der Waals surface area contributed by atoms with E-state index in [1.807, 2.05) is 0 Å². The third-order valence-corrected chi connectivity index (χ3v) is 4.49. The molecule has 0 fully saturated rings. The summed E-state index contributed by atoms with van der Waals surface area (Å²) in [7, 11) is -3.71. The lowest BCUT2D eigenvalue weighted by atomic mass is 10.2. The maximum absolute atomic E-state index is 12.5. The molecule has 0 saturated heterocycles. The molecule has 0 heterocycles. The quantitative estimate of drug-likeness (QED) is 0.748. The largest absolute Gasteiger partial charge is 0.416 e. The van der Waals surface area contributed by atoms with Gasteiger partial charge in [-0.1, -0.05) is 30.3 Å². The van der Waals surface area contributed by atoms with Crippen LogP contribution in [0.1, 0.15) is 17.5 Å². The van der Waals surface area contributed by atoms with Gasteiger partial charge in [-0.2, -0.15) is 13.2 Å². The standard InChI is InChI=1S/C18H17F3N2O3S/c19-18(20,21)15-6-8-16(9-7-15)23-17(24)10-12-22-27(25,26)13-11-14-4-2-1-3-5-14/h1-9,11,13,22H,10,12H2,(H,23,24)/b13-11+. The molecule has 0 spiro atoms. The zero-order valence-corrected chi connectivity index (χ0v) is 14.8. The second kappa shape index (κ2) is 8.83. The van der Waals surface area contributed by atoms with Crippen molar-refractivity contribution < 1.29 is 26.4 Å². The van der Waals surface area contributed by atoms with E-state index in [4.69, 9.17) is 0 Å². The highest BCUT2D eigenvalue weighted by molar-refractivity contribution is 7.92. The molecule has 2 aromatic rings. The molecule has 144 valence electrons. The van der Waals surface area contributed by atoms with Crippen molar-refractivity contribution in [3.05, 3.63) is 71.1 Å². The van der Waals surface area contributed by atoms with Gasteiger partial charge in [0.05, 0.1) is 5.56 Å². The summed E-state index contributed by atoms with van der Waals surface area (Å²) in [5, 5.41) is 3.40. The molecule has 0 saturated carbocycles. The average Bonchev–Trinajstić information content (AvgIpc) is 2.60. The maximum atomic E-state index is 12.5. The van der Waals surface area contributed by atoms with Crippen molar-refractivity contribution in [1.29, 1.82) is 0 Å². The smallest absolute Gasteiger partial charge is 0.326 e. The fraction of sp³-hybridized carbons (Fsp3) is 0.167. The summed E-state index contributed by atoms with van der Waals surface area (Å²) in [6.07, 6.45) is -3.20. The van der Waals surface area contributed by atoms with Gasteiger partial charge in [0, 0.05) is 24.1 Å². The van der Waals surface area contributed by atoms with Crippen LogP contribution in [0.25, 0.3) is 6.08 Å². The Bertz CT molecular complexity index is 894. The van der Waals surface area contributed by atoms with Crippen LogP contribution >= 0.6 is 0 Å². The molecule has 27 heavy (non-hydrogen) atoms. The molecule has 0 atom stereocenters. The SMILES string of the molecule is O=C(CCNS(=O)(=O)/C=C/c1ccccc1)Nc1ccc(C(F)(F)F)cc1. The number of hydrogen-bond donors (Lipinski definition) is 2. The van der Waals surface area contributed by atoms with Crippen molar-refractivity contribution in [2.24, 2.45) is 0 Å². The van der Waals surface area contributed by atoms with Crippen LogP contribution in [-0.4, -0.2) is 20.9 Å². The van der Waals surface area contributed by atoms with Crippen LogP contribution in [0.4, 0.5) is 18.9 Å². The van der Waals surface area contributed by atoms with Gasteiger partial charge in [-0.05, 0) is 35.9 Å². The van der Waals surface area contributed by atoms with E-state index >= 15 is 0 Å². The highest BCUT2D eigenvalue weighted by atomic mass is 32.2. The van der Waals surface area contributed by atoms with Crippen LogP contribution in [-0.2, 0) is 21.0 Å². The Labute approximate surface area is 155 Å². The van der Waals surface area contributed by atoms with Crippen molar-refractivity contribution in [1.82, 2.24) is 4.72 Å². The first-order valence-electron chi connectivity index (χ1n) is 7.86. The first kappa shape index (κ1) is 20.7. The van der Waals surface area contributed by atoms with Crippen molar-refractivity contribution in [2.75, 3.05) is 11.9 Å². The summed E-state index contributed by atoms with van der Waals surface area (Å²) in [5.41, 5.74) is 0.0845. The number of sulfonamides is 1. The summed E-state index contributed by atoms with van der Waals surface area (Å²) in [6.45, 7) is -0.145. The van der Waals surface area contributed by atoms with Crippen molar-refractivity contribution in [3.63, 3.8) is 0 Å². The second-order valence-electron chi connectivity index (χ2n) is 5.53. The van der Waals surface area contributed by atoms with Gasteiger partial charge in [-0.15, -0.1) is 0 Å². The van der Waals surface area contributed by atoms with E-state index in [0.717, 1.165) is 29.7 Å². The van der Waals surface area contributed by atoms with E-state index in [0.29, 0.717) is 5.56 Å². The van der Waals surface area contributed by atoms with E-state index in [9.17, 15) is 26.4 Å². The average molecular weight is 398 g/mol. The summed E-state index contributed by atoms with van der Waals surface area (Å²) >= 11 is 0. The predicted octanol–water partition coefficient (Wildman–Crippen LogP) is 3.62. The number of nitrogens with one attached hydrogen (secondary N) is 2. The number of alkyl halides is 3. The van der Waals surface area contributed by atoms with Gasteiger partial charge < -0.3 is 5.32 Å². The minimum atomic E-state index is -4.45. The molecule has 2 N–H and O–H groups in total. The van der Waals surface area contributed by atoms with Gasteiger partial charge in [-0.25, -0.2) is 13.1 Å². The Morgan fingerprint density at radius 1 is 1.00 bits per heavy atom. The number of benzene rings is 2. The molecule has 0 aliphatic rings. The molecule has 0 radical (unpaired) electrons. The second-order valence-corrected chi connectivity index (χ2v) is 7.18. The van der Waals surface area contributed by atoms with E-state index in [-0.39, 0.29) is 18.7 Å². The van der Waals surface area contributed by atoms with Gasteiger partial charge in [0.25, 0.3) is 0 Å². The van der Waals surface area contributed by atoms with Gasteiger partial charge in [-0.3, -0.25) is 4.79 Å². The van der Waals surface area contributed by atoms with Gasteiger partial charge in [0.2, 0.25) is 15.9 Å².